The number of carbonyl (C=O) groups excluding carboxylic acids is 1. The number of nitrogens with zero attached hydrogens (tertiary/aromatic N) is 2. The molecule has 1 aliphatic heterocycles. The molecule has 1 aliphatic carbocycles. The number of nitrogens with one attached hydrogen (secondary N) is 1. The number of fused-ring (bicyclic) bond motifs is 2. The van der Waals surface area contributed by atoms with Crippen LogP contribution >= 0.6 is 0 Å². The number of para-hydroxylation sites is 1. The number of carbonyl (C=O) groups is 1. The summed E-state index contributed by atoms with van der Waals surface area (Å²) in [5.41, 5.74) is 2.37. The highest BCUT2D eigenvalue weighted by atomic mass is 19.1. The van der Waals surface area contributed by atoms with Crippen LogP contribution in [0.1, 0.15) is 23.2 Å². The van der Waals surface area contributed by atoms with Gasteiger partial charge in [-0.3, -0.25) is 4.79 Å². The molecule has 2 aliphatic rings. The van der Waals surface area contributed by atoms with Gasteiger partial charge in [-0.15, -0.1) is 0 Å². The fourth-order valence-electron chi connectivity index (χ4n) is 4.77. The highest BCUT2D eigenvalue weighted by Gasteiger charge is 2.45. The van der Waals surface area contributed by atoms with Crippen molar-refractivity contribution in [3.05, 3.63) is 84.2 Å². The molecule has 1 heterocycles. The molecule has 0 radical (unpaired) electrons. The molecule has 3 aromatic rings. The van der Waals surface area contributed by atoms with Crippen molar-refractivity contribution in [1.82, 2.24) is 10.2 Å². The highest BCUT2D eigenvalue weighted by molar-refractivity contribution is 5.95. The summed E-state index contributed by atoms with van der Waals surface area (Å²) >= 11 is 0. The Bertz CT molecular complexity index is 1170. The van der Waals surface area contributed by atoms with Gasteiger partial charge in [0.1, 0.15) is 17.3 Å². The van der Waals surface area contributed by atoms with Gasteiger partial charge in [0, 0.05) is 17.7 Å². The Morgan fingerprint density at radius 3 is 2.50 bits per heavy atom. The molecule has 2 fully saturated rings. The van der Waals surface area contributed by atoms with E-state index in [4.69, 9.17) is 4.74 Å². The first kappa shape index (κ1) is 20.1. The van der Waals surface area contributed by atoms with Crippen LogP contribution in [0.2, 0.25) is 0 Å². The van der Waals surface area contributed by atoms with Crippen molar-refractivity contribution < 1.29 is 13.9 Å². The number of hydrogen-bond acceptors (Lipinski definition) is 4. The Labute approximate surface area is 186 Å². The third kappa shape index (κ3) is 3.90. The predicted octanol–water partition coefficient (Wildman–Crippen LogP) is 4.96. The summed E-state index contributed by atoms with van der Waals surface area (Å²) in [6.45, 7) is 0.807. The minimum Gasteiger partial charge on any atom is -0.457 e. The number of rotatable bonds is 5. The largest absolute Gasteiger partial charge is 0.457 e. The van der Waals surface area contributed by atoms with Crippen LogP contribution in [-0.2, 0) is 0 Å². The summed E-state index contributed by atoms with van der Waals surface area (Å²) in [6, 6.07) is 21.0. The number of nitriles is 1. The van der Waals surface area contributed by atoms with Crippen LogP contribution in [0, 0.1) is 23.2 Å². The van der Waals surface area contributed by atoms with Gasteiger partial charge in [0.25, 0.3) is 5.91 Å². The van der Waals surface area contributed by atoms with Gasteiger partial charge in [-0.25, -0.2) is 4.39 Å². The molecule has 1 N–H and O–H groups in total. The van der Waals surface area contributed by atoms with Gasteiger partial charge in [0.2, 0.25) is 0 Å². The summed E-state index contributed by atoms with van der Waals surface area (Å²) in [7, 11) is 0. The zero-order valence-corrected chi connectivity index (χ0v) is 17.4. The van der Waals surface area contributed by atoms with Gasteiger partial charge in [-0.1, -0.05) is 30.3 Å². The van der Waals surface area contributed by atoms with E-state index >= 15 is 0 Å². The van der Waals surface area contributed by atoms with E-state index in [0.29, 0.717) is 23.0 Å². The molecule has 0 aromatic heterocycles. The van der Waals surface area contributed by atoms with Gasteiger partial charge in [0.15, 0.2) is 6.19 Å². The first-order valence-corrected chi connectivity index (χ1v) is 10.7. The SMILES string of the molecule is N#CN1CC2CC(NC(=O)c3ccc(-c4ccccc4Oc4ccc(F)cc4)cc3)C1C2. The molecular formula is C26H22FN3O2. The molecule has 5 rings (SSSR count). The second-order valence-corrected chi connectivity index (χ2v) is 8.37. The van der Waals surface area contributed by atoms with Crippen LogP contribution in [-0.4, -0.2) is 29.4 Å². The number of likely N-dealkylation sites (tertiary alicyclic amines) is 1. The van der Waals surface area contributed by atoms with Crippen LogP contribution in [0.5, 0.6) is 11.5 Å². The molecule has 0 spiro atoms. The first-order chi connectivity index (χ1) is 15.6. The fourth-order valence-corrected chi connectivity index (χ4v) is 4.77. The van der Waals surface area contributed by atoms with Crippen LogP contribution in [0.25, 0.3) is 11.1 Å². The molecule has 6 heteroatoms. The van der Waals surface area contributed by atoms with Crippen molar-refractivity contribution >= 4 is 5.91 Å². The minimum atomic E-state index is -0.315. The summed E-state index contributed by atoms with van der Waals surface area (Å²) in [5.74, 6) is 1.25. The van der Waals surface area contributed by atoms with E-state index in [9.17, 15) is 14.4 Å². The lowest BCUT2D eigenvalue weighted by Crippen LogP contribution is -2.48. The molecule has 160 valence electrons. The summed E-state index contributed by atoms with van der Waals surface area (Å²) in [5, 5.41) is 12.4. The number of piperidine rings is 1. The van der Waals surface area contributed by atoms with Crippen molar-refractivity contribution in [3.63, 3.8) is 0 Å². The topological polar surface area (TPSA) is 65.4 Å². The molecular weight excluding hydrogens is 405 g/mol. The van der Waals surface area contributed by atoms with E-state index in [1.54, 1.807) is 29.2 Å². The highest BCUT2D eigenvalue weighted by Crippen LogP contribution is 2.37. The van der Waals surface area contributed by atoms with E-state index in [1.165, 1.54) is 12.1 Å². The summed E-state index contributed by atoms with van der Waals surface area (Å²) in [4.78, 5) is 14.6. The monoisotopic (exact) mass is 427 g/mol. The second-order valence-electron chi connectivity index (χ2n) is 8.37. The quantitative estimate of drug-likeness (QED) is 0.585. The maximum atomic E-state index is 13.2. The van der Waals surface area contributed by atoms with Crippen molar-refractivity contribution in [2.24, 2.45) is 5.92 Å². The number of halogens is 1. The van der Waals surface area contributed by atoms with E-state index in [0.717, 1.165) is 30.5 Å². The van der Waals surface area contributed by atoms with Gasteiger partial charge in [0.05, 0.1) is 12.1 Å². The van der Waals surface area contributed by atoms with Crippen molar-refractivity contribution in [1.29, 1.82) is 5.26 Å². The van der Waals surface area contributed by atoms with Crippen LogP contribution in [0.3, 0.4) is 0 Å². The number of hydrogen-bond donors (Lipinski definition) is 1. The smallest absolute Gasteiger partial charge is 0.251 e. The molecule has 1 saturated heterocycles. The Kier molecular flexibility index (Phi) is 5.24. The number of amides is 1. The molecule has 1 saturated carbocycles. The zero-order chi connectivity index (χ0) is 22.1. The Hall–Kier alpha value is -3.85. The maximum Gasteiger partial charge on any atom is 0.251 e. The molecule has 5 nitrogen and oxygen atoms in total. The third-order valence-electron chi connectivity index (χ3n) is 6.31. The lowest BCUT2D eigenvalue weighted by atomic mass is 10.0. The van der Waals surface area contributed by atoms with Crippen molar-refractivity contribution in [2.45, 2.75) is 24.9 Å². The third-order valence-corrected chi connectivity index (χ3v) is 6.31. The normalized spacial score (nSPS) is 21.2. The maximum absolute atomic E-state index is 13.2. The van der Waals surface area contributed by atoms with E-state index < -0.39 is 0 Å². The summed E-state index contributed by atoms with van der Waals surface area (Å²) in [6.07, 6.45) is 4.15. The fraction of sp³-hybridized carbons (Fsp3) is 0.231. The zero-order valence-electron chi connectivity index (χ0n) is 17.4. The molecule has 3 unspecified atom stereocenters. The lowest BCUT2D eigenvalue weighted by molar-refractivity contribution is 0.0912. The second kappa shape index (κ2) is 8.35. The minimum absolute atomic E-state index is 0.0189. The molecule has 1 amide bonds. The van der Waals surface area contributed by atoms with Crippen LogP contribution < -0.4 is 10.1 Å². The van der Waals surface area contributed by atoms with E-state index in [2.05, 4.69) is 11.5 Å². The first-order valence-electron chi connectivity index (χ1n) is 10.7. The lowest BCUT2D eigenvalue weighted by Gasteiger charge is -2.29. The molecule has 32 heavy (non-hydrogen) atoms. The summed E-state index contributed by atoms with van der Waals surface area (Å²) < 4.78 is 19.1. The van der Waals surface area contributed by atoms with Crippen LogP contribution in [0.4, 0.5) is 4.39 Å². The standard InChI is InChI=1S/C26H22FN3O2/c27-20-9-11-21(12-10-20)32-25-4-2-1-3-22(25)18-5-7-19(8-6-18)26(31)29-23-13-17-14-24(23)30(15-17)16-28/h1-12,17,23-24H,13-15H2,(H,29,31). The molecule has 2 bridgehead atoms. The molecule has 3 aromatic carbocycles. The van der Waals surface area contributed by atoms with Gasteiger partial charge in [-0.2, -0.15) is 5.26 Å². The van der Waals surface area contributed by atoms with E-state index in [-0.39, 0.29) is 23.8 Å². The number of benzene rings is 3. The van der Waals surface area contributed by atoms with Gasteiger partial charge in [-0.05, 0) is 66.8 Å². The van der Waals surface area contributed by atoms with Gasteiger partial charge < -0.3 is 15.0 Å². The Morgan fingerprint density at radius 2 is 1.78 bits per heavy atom. The Balaban J connectivity index is 1.30. The van der Waals surface area contributed by atoms with Gasteiger partial charge >= 0.3 is 0 Å². The predicted molar refractivity (Wildman–Crippen MR) is 118 cm³/mol. The number of ether oxygens (including phenoxy) is 1. The average Bonchev–Trinajstić information content (AvgIpc) is 3.41. The van der Waals surface area contributed by atoms with Crippen molar-refractivity contribution in [2.75, 3.05) is 6.54 Å². The van der Waals surface area contributed by atoms with E-state index in [1.807, 2.05) is 36.4 Å². The average molecular weight is 427 g/mol. The van der Waals surface area contributed by atoms with Crippen LogP contribution in [0.15, 0.2) is 72.8 Å². The Morgan fingerprint density at radius 1 is 1.03 bits per heavy atom. The molecule has 3 atom stereocenters. The van der Waals surface area contributed by atoms with Crippen molar-refractivity contribution in [3.8, 4) is 28.8 Å².